The normalized spacial score (nSPS) is 10.7. The molecule has 98 valence electrons. The minimum Gasteiger partial charge on any atom is -0.358 e. The van der Waals surface area contributed by atoms with Gasteiger partial charge in [-0.15, -0.1) is 0 Å². The highest BCUT2D eigenvalue weighted by atomic mass is 14.7. The first-order valence-corrected chi connectivity index (χ1v) is 6.72. The molecule has 1 heterocycles. The lowest BCUT2D eigenvalue weighted by Crippen LogP contribution is -1.91. The number of benzene rings is 2. The van der Waals surface area contributed by atoms with Gasteiger partial charge in [0.15, 0.2) is 5.69 Å². The molecule has 1 aromatic heterocycles. The van der Waals surface area contributed by atoms with E-state index in [0.717, 1.165) is 23.2 Å². The summed E-state index contributed by atoms with van der Waals surface area (Å²) in [7, 11) is 0. The van der Waals surface area contributed by atoms with Crippen molar-refractivity contribution in [3.05, 3.63) is 76.3 Å². The molecule has 3 rings (SSSR count). The van der Waals surface area contributed by atoms with Crippen LogP contribution >= 0.6 is 0 Å². The van der Waals surface area contributed by atoms with Gasteiger partial charge in [0.1, 0.15) is 0 Å². The van der Waals surface area contributed by atoms with Gasteiger partial charge < -0.3 is 4.98 Å². The Balaban J connectivity index is 2.12. The molecule has 2 nitrogen and oxygen atoms in total. The summed E-state index contributed by atoms with van der Waals surface area (Å²) < 4.78 is 0. The van der Waals surface area contributed by atoms with Crippen molar-refractivity contribution in [2.75, 3.05) is 0 Å². The molecule has 2 heteroatoms. The fourth-order valence-corrected chi connectivity index (χ4v) is 2.72. The molecule has 1 N–H and O–H groups in total. The third-order valence-corrected chi connectivity index (χ3v) is 3.75. The van der Waals surface area contributed by atoms with Crippen molar-refractivity contribution in [1.82, 2.24) is 4.98 Å². The number of H-pyrrole nitrogens is 1. The summed E-state index contributed by atoms with van der Waals surface area (Å²) in [6.45, 7) is 11.5. The summed E-state index contributed by atoms with van der Waals surface area (Å²) in [5.41, 5.74) is 6.69. The monoisotopic (exact) mass is 260 g/mol. The predicted molar refractivity (Wildman–Crippen MR) is 83.3 cm³/mol. The first kappa shape index (κ1) is 12.5. The Morgan fingerprint density at radius 3 is 2.70 bits per heavy atom. The maximum atomic E-state index is 7.32. The van der Waals surface area contributed by atoms with Crippen LogP contribution in [-0.4, -0.2) is 4.98 Å². The molecule has 0 radical (unpaired) electrons. The summed E-state index contributed by atoms with van der Waals surface area (Å²) in [6.07, 6.45) is 0.801. The number of nitrogens with one attached hydrogen (secondary N) is 1. The van der Waals surface area contributed by atoms with E-state index in [4.69, 9.17) is 6.57 Å². The van der Waals surface area contributed by atoms with E-state index in [1.165, 1.54) is 22.2 Å². The van der Waals surface area contributed by atoms with Crippen molar-refractivity contribution in [1.29, 1.82) is 0 Å². The topological polar surface area (TPSA) is 20.1 Å². The second-order valence-corrected chi connectivity index (χ2v) is 5.19. The Labute approximate surface area is 118 Å². The second kappa shape index (κ2) is 4.86. The lowest BCUT2D eigenvalue weighted by molar-refractivity contribution is 1.15. The largest absolute Gasteiger partial charge is 0.358 e. The molecular formula is C18H16N2. The van der Waals surface area contributed by atoms with E-state index in [-0.39, 0.29) is 0 Å². The number of fused-ring (bicyclic) bond motifs is 1. The van der Waals surface area contributed by atoms with Crippen molar-refractivity contribution < 1.29 is 0 Å². The van der Waals surface area contributed by atoms with Gasteiger partial charge in [-0.25, -0.2) is 4.85 Å². The average molecular weight is 260 g/mol. The van der Waals surface area contributed by atoms with E-state index in [2.05, 4.69) is 47.9 Å². The molecule has 2 aromatic carbocycles. The summed E-state index contributed by atoms with van der Waals surface area (Å²) in [5, 5.41) is 1.25. The van der Waals surface area contributed by atoms with Crippen LogP contribution in [0.2, 0.25) is 0 Å². The zero-order chi connectivity index (χ0) is 14.1. The van der Waals surface area contributed by atoms with Crippen LogP contribution in [0.3, 0.4) is 0 Å². The number of hydrogen-bond donors (Lipinski definition) is 1. The fourth-order valence-electron chi connectivity index (χ4n) is 2.72. The molecule has 0 amide bonds. The lowest BCUT2D eigenvalue weighted by Gasteiger charge is -2.06. The standard InChI is InChI=1S/C18H16N2/c1-12-8-9-17(19-3)14(10-12)11-16-13(2)20-18-7-5-4-6-15(16)18/h4-10,20H,11H2,1-2H3. The molecule has 0 bridgehead atoms. The number of aryl methyl sites for hydroxylation is 2. The zero-order valence-corrected chi connectivity index (χ0v) is 11.7. The highest BCUT2D eigenvalue weighted by molar-refractivity contribution is 5.85. The van der Waals surface area contributed by atoms with Crippen LogP contribution in [0.15, 0.2) is 42.5 Å². The Morgan fingerprint density at radius 2 is 1.90 bits per heavy atom. The Hall–Kier alpha value is -2.53. The highest BCUT2D eigenvalue weighted by Crippen LogP contribution is 2.29. The molecule has 0 aliphatic heterocycles. The van der Waals surface area contributed by atoms with Crippen LogP contribution in [0.4, 0.5) is 5.69 Å². The maximum Gasteiger partial charge on any atom is 0.190 e. The first-order chi connectivity index (χ1) is 9.69. The molecule has 3 aromatic rings. The Morgan fingerprint density at radius 1 is 1.10 bits per heavy atom. The molecule has 0 fully saturated rings. The van der Waals surface area contributed by atoms with Gasteiger partial charge in [-0.3, -0.25) is 0 Å². The van der Waals surface area contributed by atoms with E-state index in [1.807, 2.05) is 18.2 Å². The summed E-state index contributed by atoms with van der Waals surface area (Å²) >= 11 is 0. The van der Waals surface area contributed by atoms with Gasteiger partial charge in [0, 0.05) is 16.6 Å². The molecule has 0 aliphatic rings. The molecular weight excluding hydrogens is 244 g/mol. The van der Waals surface area contributed by atoms with E-state index >= 15 is 0 Å². The van der Waals surface area contributed by atoms with Crippen LogP contribution in [0.25, 0.3) is 15.7 Å². The molecule has 0 atom stereocenters. The number of aromatic nitrogens is 1. The highest BCUT2D eigenvalue weighted by Gasteiger charge is 2.11. The van der Waals surface area contributed by atoms with Gasteiger partial charge in [0.05, 0.1) is 6.57 Å². The van der Waals surface area contributed by atoms with Gasteiger partial charge in [-0.05, 0) is 37.5 Å². The SMILES string of the molecule is [C-]#[N+]c1ccc(C)cc1Cc1c(C)[nH]c2ccccc12. The summed E-state index contributed by atoms with van der Waals surface area (Å²) in [4.78, 5) is 7.06. The van der Waals surface area contributed by atoms with E-state index in [1.54, 1.807) is 0 Å². The van der Waals surface area contributed by atoms with Gasteiger partial charge >= 0.3 is 0 Å². The third kappa shape index (κ3) is 2.08. The van der Waals surface area contributed by atoms with Crippen molar-refractivity contribution in [2.24, 2.45) is 0 Å². The minimum absolute atomic E-state index is 0.750. The second-order valence-electron chi connectivity index (χ2n) is 5.19. The van der Waals surface area contributed by atoms with Gasteiger partial charge in [0.2, 0.25) is 0 Å². The molecule has 0 saturated heterocycles. The van der Waals surface area contributed by atoms with Crippen LogP contribution in [0, 0.1) is 20.4 Å². The van der Waals surface area contributed by atoms with Crippen molar-refractivity contribution in [2.45, 2.75) is 20.3 Å². The Kier molecular flexibility index (Phi) is 3.04. The van der Waals surface area contributed by atoms with Crippen LogP contribution in [0.1, 0.15) is 22.4 Å². The van der Waals surface area contributed by atoms with Crippen LogP contribution < -0.4 is 0 Å². The molecule has 0 saturated carbocycles. The maximum absolute atomic E-state index is 7.32. The summed E-state index contributed by atoms with van der Waals surface area (Å²) in [5.74, 6) is 0. The lowest BCUT2D eigenvalue weighted by atomic mass is 9.99. The van der Waals surface area contributed by atoms with E-state index in [9.17, 15) is 0 Å². The minimum atomic E-state index is 0.750. The van der Waals surface area contributed by atoms with Crippen molar-refractivity contribution >= 4 is 16.6 Å². The first-order valence-electron chi connectivity index (χ1n) is 6.72. The number of para-hydroxylation sites is 1. The zero-order valence-electron chi connectivity index (χ0n) is 11.7. The van der Waals surface area contributed by atoms with Crippen molar-refractivity contribution in [3.8, 4) is 0 Å². The van der Waals surface area contributed by atoms with Crippen LogP contribution in [-0.2, 0) is 6.42 Å². The predicted octanol–water partition coefficient (Wildman–Crippen LogP) is 4.93. The quantitative estimate of drug-likeness (QED) is 0.631. The average Bonchev–Trinajstić information content (AvgIpc) is 2.76. The van der Waals surface area contributed by atoms with E-state index < -0.39 is 0 Å². The number of aromatic amines is 1. The number of nitrogens with zero attached hydrogens (tertiary/aromatic N) is 1. The Bertz CT molecular complexity index is 819. The molecule has 0 unspecified atom stereocenters. The fraction of sp³-hybridized carbons (Fsp3) is 0.167. The molecule has 0 aliphatic carbocycles. The number of rotatable bonds is 2. The van der Waals surface area contributed by atoms with Gasteiger partial charge in [-0.1, -0.05) is 42.0 Å². The molecule has 0 spiro atoms. The van der Waals surface area contributed by atoms with E-state index in [0.29, 0.717) is 0 Å². The molecule has 20 heavy (non-hydrogen) atoms. The third-order valence-electron chi connectivity index (χ3n) is 3.75. The smallest absolute Gasteiger partial charge is 0.190 e. The number of hydrogen-bond acceptors (Lipinski definition) is 0. The van der Waals surface area contributed by atoms with Crippen LogP contribution in [0.5, 0.6) is 0 Å². The van der Waals surface area contributed by atoms with Gasteiger partial charge in [0.25, 0.3) is 0 Å². The van der Waals surface area contributed by atoms with Gasteiger partial charge in [-0.2, -0.15) is 0 Å². The van der Waals surface area contributed by atoms with Crippen molar-refractivity contribution in [3.63, 3.8) is 0 Å². The summed E-state index contributed by atoms with van der Waals surface area (Å²) in [6, 6.07) is 14.4.